The molecule has 3 amide bonds. The molecule has 0 spiro atoms. The van der Waals surface area contributed by atoms with Crippen molar-refractivity contribution in [1.82, 2.24) is 14.3 Å². The van der Waals surface area contributed by atoms with Crippen molar-refractivity contribution in [2.45, 2.75) is 22.9 Å². The summed E-state index contributed by atoms with van der Waals surface area (Å²) in [5.74, 6) is 0.194. The number of benzene rings is 3. The highest BCUT2D eigenvalue weighted by Crippen LogP contribution is 2.32. The summed E-state index contributed by atoms with van der Waals surface area (Å²) in [7, 11) is -5.14. The number of hydrogen-bond acceptors (Lipinski definition) is 7. The Bertz CT molecular complexity index is 1550. The molecule has 1 heterocycles. The minimum atomic E-state index is -4.31. The van der Waals surface area contributed by atoms with Gasteiger partial charge in [-0.25, -0.2) is 30.7 Å². The lowest BCUT2D eigenvalue weighted by Gasteiger charge is -2.29. The van der Waals surface area contributed by atoms with E-state index in [2.05, 4.69) is 15.4 Å². The first-order chi connectivity index (χ1) is 17.5. The van der Waals surface area contributed by atoms with Gasteiger partial charge in [0.1, 0.15) is 10.6 Å². The second-order valence-corrected chi connectivity index (χ2v) is 11.8. The lowest BCUT2D eigenvalue weighted by molar-refractivity contribution is 0.0950. The van der Waals surface area contributed by atoms with Gasteiger partial charge in [0.05, 0.1) is 24.2 Å². The summed E-state index contributed by atoms with van der Waals surface area (Å²) in [6, 6.07) is 15.7. The van der Waals surface area contributed by atoms with E-state index in [-0.39, 0.29) is 34.1 Å². The fraction of sp³-hybridized carbons (Fsp3) is 0.167. The molecule has 3 N–H and O–H groups in total. The van der Waals surface area contributed by atoms with Gasteiger partial charge in [0.2, 0.25) is 10.0 Å². The number of fused-ring (bicyclic) bond motifs is 1. The maximum Gasteiger partial charge on any atom is 0.336 e. The summed E-state index contributed by atoms with van der Waals surface area (Å²) in [4.78, 5) is 25.1. The zero-order valence-electron chi connectivity index (χ0n) is 19.9. The number of nitrogens with zero attached hydrogens (tertiary/aromatic N) is 1. The fourth-order valence-corrected chi connectivity index (χ4v) is 5.85. The van der Waals surface area contributed by atoms with E-state index in [0.717, 1.165) is 5.56 Å². The second-order valence-electron chi connectivity index (χ2n) is 8.04. The first-order valence-electron chi connectivity index (χ1n) is 11.0. The average Bonchev–Trinajstić information content (AvgIpc) is 2.90. The number of carbonyl (C=O) groups is 2. The van der Waals surface area contributed by atoms with E-state index >= 15 is 0 Å². The third kappa shape index (κ3) is 5.43. The normalized spacial score (nSPS) is 14.4. The molecular weight excluding hydrogens is 520 g/mol. The summed E-state index contributed by atoms with van der Waals surface area (Å²) in [6.45, 7) is -0.115. The zero-order chi connectivity index (χ0) is 26.8. The topological polar surface area (TPSA) is 151 Å². The number of carbonyl (C=O) groups excluding carboxylic acids is 2. The number of urea groups is 1. The Balaban J connectivity index is 1.53. The molecule has 1 aliphatic rings. The second kappa shape index (κ2) is 10.2. The minimum absolute atomic E-state index is 0.000317. The van der Waals surface area contributed by atoms with Crippen molar-refractivity contribution in [1.29, 1.82) is 0 Å². The molecule has 0 radical (unpaired) electrons. The molecular formula is C24H24N4O7S2. The molecule has 0 fully saturated rings. The van der Waals surface area contributed by atoms with Crippen LogP contribution >= 0.6 is 0 Å². The van der Waals surface area contributed by atoms with E-state index in [0.29, 0.717) is 15.6 Å². The first kappa shape index (κ1) is 26.1. The Morgan fingerprint density at radius 1 is 1.00 bits per heavy atom. The highest BCUT2D eigenvalue weighted by Gasteiger charge is 2.37. The van der Waals surface area contributed by atoms with E-state index in [1.807, 2.05) is 0 Å². The van der Waals surface area contributed by atoms with Crippen molar-refractivity contribution >= 4 is 37.7 Å². The molecule has 11 nitrogen and oxygen atoms in total. The predicted molar refractivity (Wildman–Crippen MR) is 135 cm³/mol. The van der Waals surface area contributed by atoms with Gasteiger partial charge in [0, 0.05) is 12.1 Å². The largest absolute Gasteiger partial charge is 0.497 e. The first-order valence-corrected chi connectivity index (χ1v) is 13.9. The quantitative estimate of drug-likeness (QED) is 0.394. The highest BCUT2D eigenvalue weighted by atomic mass is 32.2. The van der Waals surface area contributed by atoms with E-state index in [1.165, 1.54) is 49.5 Å². The van der Waals surface area contributed by atoms with Crippen LogP contribution in [0.25, 0.3) is 0 Å². The van der Waals surface area contributed by atoms with Crippen LogP contribution in [0.15, 0.2) is 76.5 Å². The summed E-state index contributed by atoms with van der Waals surface area (Å²) in [5, 5.41) is 5.26. The number of sulfonamides is 2. The van der Waals surface area contributed by atoms with Crippen molar-refractivity contribution in [3.63, 3.8) is 0 Å². The average molecular weight is 545 g/mol. The molecule has 3 aromatic rings. The highest BCUT2D eigenvalue weighted by molar-refractivity contribution is 7.90. The van der Waals surface area contributed by atoms with Crippen LogP contribution in [0.1, 0.15) is 21.5 Å². The summed E-state index contributed by atoms with van der Waals surface area (Å²) in [6.07, 6.45) is 0. The van der Waals surface area contributed by atoms with Crippen LogP contribution in [0.4, 0.5) is 10.5 Å². The number of anilines is 1. The number of amides is 3. The summed E-state index contributed by atoms with van der Waals surface area (Å²) >= 11 is 0. The third-order valence-corrected chi connectivity index (χ3v) is 8.92. The van der Waals surface area contributed by atoms with Gasteiger partial charge in [-0.05, 0) is 60.6 Å². The Hall–Kier alpha value is -3.94. The van der Waals surface area contributed by atoms with Gasteiger partial charge in [-0.3, -0.25) is 4.79 Å². The van der Waals surface area contributed by atoms with E-state index < -0.39 is 32.0 Å². The maximum atomic E-state index is 13.3. The molecule has 0 aromatic heterocycles. The standard InChI is InChI=1S/C24H24N4O7S2/c1-25-36(31,32)20-10-5-17(6-11-20)15-28-24(30)27-21-12-7-18(13-22(21)37(28,33)34)23(29)26-14-16-3-8-19(35-2)9-4-16/h3-13,25H,14-15H2,1-2H3,(H,26,29)(H,27,30). The molecule has 0 saturated carbocycles. The predicted octanol–water partition coefficient (Wildman–Crippen LogP) is 2.27. The molecule has 194 valence electrons. The number of rotatable bonds is 8. The molecule has 1 aliphatic heterocycles. The number of ether oxygens (including phenoxy) is 1. The Morgan fingerprint density at radius 2 is 1.65 bits per heavy atom. The van der Waals surface area contributed by atoms with Crippen LogP contribution in [0.2, 0.25) is 0 Å². The van der Waals surface area contributed by atoms with Gasteiger partial charge >= 0.3 is 6.03 Å². The minimum Gasteiger partial charge on any atom is -0.497 e. The SMILES string of the molecule is CNS(=O)(=O)c1ccc(CN2C(=O)Nc3ccc(C(=O)NCc4ccc(OC)cc4)cc3S2(=O)=O)cc1. The molecule has 0 bridgehead atoms. The number of hydrogen-bond donors (Lipinski definition) is 3. The fourth-order valence-electron chi connectivity index (χ4n) is 3.63. The van der Waals surface area contributed by atoms with Crippen LogP contribution in [-0.2, 0) is 33.1 Å². The Kier molecular flexibility index (Phi) is 7.21. The smallest absolute Gasteiger partial charge is 0.336 e. The van der Waals surface area contributed by atoms with E-state index in [9.17, 15) is 26.4 Å². The summed E-state index contributed by atoms with van der Waals surface area (Å²) < 4.78 is 58.4. The molecule has 0 saturated heterocycles. The molecule has 4 rings (SSSR count). The van der Waals surface area contributed by atoms with Gasteiger partial charge in [-0.2, -0.15) is 0 Å². The monoisotopic (exact) mass is 544 g/mol. The van der Waals surface area contributed by atoms with Gasteiger partial charge in [0.15, 0.2) is 0 Å². The molecule has 0 atom stereocenters. The van der Waals surface area contributed by atoms with E-state index in [4.69, 9.17) is 4.74 Å². The molecule has 0 aliphatic carbocycles. The zero-order valence-corrected chi connectivity index (χ0v) is 21.5. The van der Waals surface area contributed by atoms with Crippen molar-refractivity contribution in [2.24, 2.45) is 0 Å². The van der Waals surface area contributed by atoms with Gasteiger partial charge in [-0.15, -0.1) is 0 Å². The van der Waals surface area contributed by atoms with Crippen molar-refractivity contribution in [3.8, 4) is 5.75 Å². The van der Waals surface area contributed by atoms with Gasteiger partial charge in [0.25, 0.3) is 15.9 Å². The van der Waals surface area contributed by atoms with Crippen LogP contribution in [-0.4, -0.2) is 47.2 Å². The molecule has 0 unspecified atom stereocenters. The lowest BCUT2D eigenvalue weighted by atomic mass is 10.1. The van der Waals surface area contributed by atoms with Crippen molar-refractivity contribution < 1.29 is 31.2 Å². The van der Waals surface area contributed by atoms with Crippen LogP contribution in [0.5, 0.6) is 5.75 Å². The number of nitrogens with one attached hydrogen (secondary N) is 3. The van der Waals surface area contributed by atoms with Crippen molar-refractivity contribution in [2.75, 3.05) is 19.5 Å². The maximum absolute atomic E-state index is 13.3. The lowest BCUT2D eigenvalue weighted by Crippen LogP contribution is -2.43. The van der Waals surface area contributed by atoms with Gasteiger partial charge < -0.3 is 15.4 Å². The summed E-state index contributed by atoms with van der Waals surface area (Å²) in [5.41, 5.74) is 1.38. The third-order valence-electron chi connectivity index (χ3n) is 5.72. The molecule has 3 aromatic carbocycles. The Morgan fingerprint density at radius 3 is 2.27 bits per heavy atom. The molecule has 37 heavy (non-hydrogen) atoms. The Labute approximate surface area is 214 Å². The van der Waals surface area contributed by atoms with E-state index in [1.54, 1.807) is 31.4 Å². The number of methoxy groups -OCH3 is 1. The molecule has 13 heteroatoms. The van der Waals surface area contributed by atoms with Crippen molar-refractivity contribution in [3.05, 3.63) is 83.4 Å². The van der Waals surface area contributed by atoms with Crippen LogP contribution in [0.3, 0.4) is 0 Å². The van der Waals surface area contributed by atoms with Crippen LogP contribution < -0.4 is 20.1 Å². The van der Waals surface area contributed by atoms with Gasteiger partial charge in [-0.1, -0.05) is 24.3 Å². The van der Waals surface area contributed by atoms with Crippen LogP contribution in [0, 0.1) is 0 Å².